The van der Waals surface area contributed by atoms with Crippen molar-refractivity contribution in [1.82, 2.24) is 19.7 Å². The van der Waals surface area contributed by atoms with Crippen LogP contribution in [0.1, 0.15) is 0 Å². The zero-order valence-corrected chi connectivity index (χ0v) is 13.5. The van der Waals surface area contributed by atoms with E-state index in [1.54, 1.807) is 30.1 Å². The van der Waals surface area contributed by atoms with Gasteiger partial charge in [-0.3, -0.25) is 9.48 Å². The van der Waals surface area contributed by atoms with Gasteiger partial charge >= 0.3 is 0 Å². The van der Waals surface area contributed by atoms with Crippen molar-refractivity contribution in [2.45, 2.75) is 0 Å². The molecule has 122 valence electrons. The molecule has 0 saturated carbocycles. The second-order valence-electron chi connectivity index (χ2n) is 5.46. The Morgan fingerprint density at radius 1 is 1.25 bits per heavy atom. The van der Waals surface area contributed by atoms with E-state index < -0.39 is 5.82 Å². The van der Waals surface area contributed by atoms with Crippen LogP contribution < -0.4 is 10.3 Å². The van der Waals surface area contributed by atoms with E-state index in [9.17, 15) is 9.18 Å². The lowest BCUT2D eigenvalue weighted by Gasteiger charge is -2.01. The van der Waals surface area contributed by atoms with Crippen molar-refractivity contribution in [2.24, 2.45) is 7.05 Å². The Hall–Kier alpha value is -2.80. The lowest BCUT2D eigenvalue weighted by molar-refractivity contribution is 0.412. The Bertz CT molecular complexity index is 1160. The third-order valence-electron chi connectivity index (χ3n) is 3.90. The van der Waals surface area contributed by atoms with E-state index in [0.29, 0.717) is 33.4 Å². The van der Waals surface area contributed by atoms with Crippen LogP contribution in [0.3, 0.4) is 0 Å². The van der Waals surface area contributed by atoms with E-state index in [1.807, 2.05) is 0 Å². The molecular weight excluding hydrogens is 335 g/mol. The van der Waals surface area contributed by atoms with E-state index in [0.717, 1.165) is 0 Å². The van der Waals surface area contributed by atoms with Gasteiger partial charge in [0.05, 0.1) is 34.4 Å². The second-order valence-corrected chi connectivity index (χ2v) is 5.84. The Morgan fingerprint density at radius 3 is 2.79 bits per heavy atom. The molecule has 0 aliphatic rings. The third-order valence-corrected chi connectivity index (χ3v) is 4.27. The SMILES string of the molecule is COc1cc(F)c2cc(-c3c(Cl)c4nn(C)cc4[nH]c3=O)[nH]c2c1. The fourth-order valence-electron chi connectivity index (χ4n) is 2.81. The molecule has 1 aromatic carbocycles. The molecule has 0 bridgehead atoms. The Kier molecular flexibility index (Phi) is 3.14. The quantitative estimate of drug-likeness (QED) is 0.585. The smallest absolute Gasteiger partial charge is 0.259 e. The average Bonchev–Trinajstić information content (AvgIpc) is 3.10. The summed E-state index contributed by atoms with van der Waals surface area (Å²) < 4.78 is 20.8. The Balaban J connectivity index is 2.02. The fourth-order valence-corrected chi connectivity index (χ4v) is 3.13. The van der Waals surface area contributed by atoms with Gasteiger partial charge in [-0.15, -0.1) is 0 Å². The van der Waals surface area contributed by atoms with Gasteiger partial charge in [0.25, 0.3) is 5.56 Å². The summed E-state index contributed by atoms with van der Waals surface area (Å²) in [4.78, 5) is 18.2. The highest BCUT2D eigenvalue weighted by molar-refractivity contribution is 6.37. The standard InChI is InChI=1S/C16H12ClFN4O2/c1-22-6-12-15(21-22)14(17)13(16(23)20-12)11-5-8-9(18)3-7(24-2)4-10(8)19-11/h3-6,19H,1-2H3,(H,20,23). The summed E-state index contributed by atoms with van der Waals surface area (Å²) in [6, 6.07) is 4.49. The minimum absolute atomic E-state index is 0.216. The highest BCUT2D eigenvalue weighted by Gasteiger charge is 2.18. The first-order valence-corrected chi connectivity index (χ1v) is 7.47. The molecule has 3 aromatic heterocycles. The van der Waals surface area contributed by atoms with Gasteiger partial charge in [-0.2, -0.15) is 5.10 Å². The molecule has 6 nitrogen and oxygen atoms in total. The molecule has 24 heavy (non-hydrogen) atoms. The Labute approximate surface area is 139 Å². The molecule has 0 aliphatic heterocycles. The minimum Gasteiger partial charge on any atom is -0.497 e. The molecule has 0 unspecified atom stereocenters. The molecular formula is C16H12ClFN4O2. The van der Waals surface area contributed by atoms with E-state index in [1.165, 1.54) is 13.2 Å². The van der Waals surface area contributed by atoms with Crippen molar-refractivity contribution >= 4 is 33.5 Å². The van der Waals surface area contributed by atoms with Gasteiger partial charge in [0, 0.05) is 30.8 Å². The minimum atomic E-state index is -0.446. The predicted molar refractivity (Wildman–Crippen MR) is 90.1 cm³/mol. The molecule has 4 aromatic rings. The van der Waals surface area contributed by atoms with Gasteiger partial charge < -0.3 is 14.7 Å². The van der Waals surface area contributed by atoms with Crippen LogP contribution in [0.2, 0.25) is 5.02 Å². The van der Waals surface area contributed by atoms with E-state index in [4.69, 9.17) is 16.3 Å². The van der Waals surface area contributed by atoms with Gasteiger partial charge in [-0.25, -0.2) is 4.39 Å². The van der Waals surface area contributed by atoms with Gasteiger partial charge in [-0.1, -0.05) is 11.6 Å². The van der Waals surface area contributed by atoms with Crippen molar-refractivity contribution in [3.05, 3.63) is 45.6 Å². The first-order chi connectivity index (χ1) is 11.5. The summed E-state index contributed by atoms with van der Waals surface area (Å²) in [6.07, 6.45) is 1.67. The van der Waals surface area contributed by atoms with E-state index >= 15 is 0 Å². The van der Waals surface area contributed by atoms with Crippen molar-refractivity contribution in [1.29, 1.82) is 0 Å². The first-order valence-electron chi connectivity index (χ1n) is 7.09. The van der Waals surface area contributed by atoms with Gasteiger partial charge in [-0.05, 0) is 6.07 Å². The largest absolute Gasteiger partial charge is 0.497 e. The number of methoxy groups -OCH3 is 1. The van der Waals surface area contributed by atoms with Crippen LogP contribution in [0, 0.1) is 5.82 Å². The fraction of sp³-hybridized carbons (Fsp3) is 0.125. The van der Waals surface area contributed by atoms with Crippen molar-refractivity contribution in [3.8, 4) is 17.0 Å². The maximum absolute atomic E-state index is 14.2. The zero-order valence-electron chi connectivity index (χ0n) is 12.8. The van der Waals surface area contributed by atoms with Crippen molar-refractivity contribution in [2.75, 3.05) is 7.11 Å². The number of pyridine rings is 1. The number of aromatic amines is 2. The number of aryl methyl sites for hydroxylation is 1. The van der Waals surface area contributed by atoms with Crippen molar-refractivity contribution < 1.29 is 9.13 Å². The highest BCUT2D eigenvalue weighted by atomic mass is 35.5. The zero-order chi connectivity index (χ0) is 17.0. The number of aromatic nitrogens is 4. The molecule has 0 spiro atoms. The number of ether oxygens (including phenoxy) is 1. The number of nitrogens with zero attached hydrogens (tertiary/aromatic N) is 2. The summed E-state index contributed by atoms with van der Waals surface area (Å²) in [5.74, 6) is -0.0631. The van der Waals surface area contributed by atoms with Crippen molar-refractivity contribution in [3.63, 3.8) is 0 Å². The summed E-state index contributed by atoms with van der Waals surface area (Å²) in [6.45, 7) is 0. The predicted octanol–water partition coefficient (Wildman–Crippen LogP) is 3.21. The molecule has 3 heterocycles. The summed E-state index contributed by atoms with van der Waals surface area (Å²) in [7, 11) is 3.19. The third kappa shape index (κ3) is 2.09. The second kappa shape index (κ2) is 5.10. The molecule has 0 radical (unpaired) electrons. The summed E-state index contributed by atoms with van der Waals surface area (Å²) >= 11 is 6.39. The number of nitrogens with one attached hydrogen (secondary N) is 2. The van der Waals surface area contributed by atoms with Crippen LogP contribution in [-0.2, 0) is 7.05 Å². The average molecular weight is 347 g/mol. The number of halogens is 2. The summed E-state index contributed by atoms with van der Waals surface area (Å²) in [5, 5.41) is 4.81. The van der Waals surface area contributed by atoms with Gasteiger partial charge in [0.15, 0.2) is 0 Å². The first kappa shape index (κ1) is 14.8. The normalized spacial score (nSPS) is 11.5. The molecule has 2 N–H and O–H groups in total. The monoisotopic (exact) mass is 346 g/mol. The summed E-state index contributed by atoms with van der Waals surface area (Å²) in [5.41, 5.74) is 1.79. The van der Waals surface area contributed by atoms with Crippen LogP contribution in [-0.4, -0.2) is 26.9 Å². The number of rotatable bonds is 2. The van der Waals surface area contributed by atoms with E-state index in [-0.39, 0.29) is 16.1 Å². The highest BCUT2D eigenvalue weighted by Crippen LogP contribution is 2.33. The molecule has 0 atom stereocenters. The van der Waals surface area contributed by atoms with E-state index in [2.05, 4.69) is 15.1 Å². The topological polar surface area (TPSA) is 75.7 Å². The molecule has 0 saturated heterocycles. The van der Waals surface area contributed by atoms with Crippen LogP contribution in [0.15, 0.2) is 29.2 Å². The van der Waals surface area contributed by atoms with Gasteiger partial charge in [0.1, 0.15) is 17.1 Å². The maximum atomic E-state index is 14.2. The van der Waals surface area contributed by atoms with Crippen LogP contribution in [0.5, 0.6) is 5.75 Å². The number of hydrogen-bond donors (Lipinski definition) is 2. The number of hydrogen-bond acceptors (Lipinski definition) is 3. The molecule has 0 fully saturated rings. The maximum Gasteiger partial charge on any atom is 0.259 e. The molecule has 0 aliphatic carbocycles. The molecule has 0 amide bonds. The lowest BCUT2D eigenvalue weighted by Crippen LogP contribution is -2.09. The van der Waals surface area contributed by atoms with Crippen LogP contribution in [0.25, 0.3) is 33.2 Å². The lowest BCUT2D eigenvalue weighted by atomic mass is 10.1. The molecule has 4 rings (SSSR count). The van der Waals surface area contributed by atoms with Crippen LogP contribution >= 0.6 is 11.6 Å². The Morgan fingerprint density at radius 2 is 2.04 bits per heavy atom. The van der Waals surface area contributed by atoms with Gasteiger partial charge in [0.2, 0.25) is 0 Å². The number of fused-ring (bicyclic) bond motifs is 2. The number of benzene rings is 1. The molecule has 8 heteroatoms. The number of H-pyrrole nitrogens is 2. The van der Waals surface area contributed by atoms with Crippen LogP contribution in [0.4, 0.5) is 4.39 Å².